The average molecular weight is 263 g/mol. The summed E-state index contributed by atoms with van der Waals surface area (Å²) in [7, 11) is 0. The molecule has 0 aliphatic rings. The average Bonchev–Trinajstić information content (AvgIpc) is 2.77. The zero-order chi connectivity index (χ0) is 13.9. The van der Waals surface area contributed by atoms with Crippen LogP contribution in [0.25, 0.3) is 11.4 Å². The number of pyridine rings is 1. The minimum absolute atomic E-state index is 0.846. The quantitative estimate of drug-likeness (QED) is 0.722. The number of benzene rings is 1. The molecule has 0 spiro atoms. The Morgan fingerprint density at radius 1 is 0.950 bits per heavy atom. The van der Waals surface area contributed by atoms with Gasteiger partial charge in [-0.1, -0.05) is 36.4 Å². The lowest BCUT2D eigenvalue weighted by Gasteiger charge is -2.08. The van der Waals surface area contributed by atoms with E-state index in [0.29, 0.717) is 0 Å². The molecule has 0 saturated carbocycles. The van der Waals surface area contributed by atoms with Gasteiger partial charge in [-0.3, -0.25) is 4.98 Å². The molecule has 20 heavy (non-hydrogen) atoms. The maximum absolute atomic E-state index is 4.68. The Morgan fingerprint density at radius 2 is 1.70 bits per heavy atom. The van der Waals surface area contributed by atoms with Crippen LogP contribution in [0.1, 0.15) is 17.1 Å². The molecule has 0 amide bonds. The van der Waals surface area contributed by atoms with E-state index in [0.717, 1.165) is 29.5 Å². The van der Waals surface area contributed by atoms with Crippen LogP contribution >= 0.6 is 0 Å². The number of hydrogen-bond acceptors (Lipinski definition) is 2. The highest BCUT2D eigenvalue weighted by Crippen LogP contribution is 2.22. The Bertz CT molecular complexity index is 700. The second-order valence-electron chi connectivity index (χ2n) is 4.88. The largest absolute Gasteiger partial charge is 0.327 e. The van der Waals surface area contributed by atoms with Crippen LogP contribution < -0.4 is 0 Å². The first-order chi connectivity index (χ1) is 9.75. The first kappa shape index (κ1) is 12.6. The molecule has 100 valence electrons. The number of nitrogens with zero attached hydrogens (tertiary/aromatic N) is 3. The Morgan fingerprint density at radius 3 is 2.40 bits per heavy atom. The fraction of sp³-hybridized carbons (Fsp3) is 0.176. The SMILES string of the molecule is Cc1nc(-c2ccccn2)c(C)n1Cc1ccccc1. The summed E-state index contributed by atoms with van der Waals surface area (Å²) in [6.45, 7) is 4.99. The van der Waals surface area contributed by atoms with E-state index in [4.69, 9.17) is 0 Å². The van der Waals surface area contributed by atoms with Crippen molar-refractivity contribution >= 4 is 0 Å². The van der Waals surface area contributed by atoms with Crippen LogP contribution in [0.15, 0.2) is 54.7 Å². The maximum atomic E-state index is 4.68. The Balaban J connectivity index is 1.99. The number of hydrogen-bond donors (Lipinski definition) is 0. The monoisotopic (exact) mass is 263 g/mol. The first-order valence-electron chi connectivity index (χ1n) is 6.75. The van der Waals surface area contributed by atoms with Gasteiger partial charge in [-0.25, -0.2) is 4.98 Å². The smallest absolute Gasteiger partial charge is 0.110 e. The summed E-state index contributed by atoms with van der Waals surface area (Å²) in [5, 5.41) is 0. The molecule has 3 rings (SSSR count). The molecule has 0 saturated heterocycles. The number of aryl methyl sites for hydroxylation is 1. The standard InChI is InChI=1S/C17H17N3/c1-13-17(16-10-6-7-11-18-16)19-14(2)20(13)12-15-8-4-3-5-9-15/h3-11H,12H2,1-2H3. The van der Waals surface area contributed by atoms with Gasteiger partial charge < -0.3 is 4.57 Å². The van der Waals surface area contributed by atoms with Crippen molar-refractivity contribution in [3.8, 4) is 11.4 Å². The van der Waals surface area contributed by atoms with Crippen molar-refractivity contribution < 1.29 is 0 Å². The molecule has 2 heterocycles. The topological polar surface area (TPSA) is 30.7 Å². The third-order valence-electron chi connectivity index (χ3n) is 3.50. The summed E-state index contributed by atoms with van der Waals surface area (Å²) in [6, 6.07) is 16.4. The Labute approximate surface area is 118 Å². The zero-order valence-electron chi connectivity index (χ0n) is 11.7. The molecule has 0 fully saturated rings. The van der Waals surface area contributed by atoms with Gasteiger partial charge in [0.25, 0.3) is 0 Å². The van der Waals surface area contributed by atoms with Gasteiger partial charge in [0.2, 0.25) is 0 Å². The molecule has 2 aromatic heterocycles. The van der Waals surface area contributed by atoms with Gasteiger partial charge in [0.15, 0.2) is 0 Å². The van der Waals surface area contributed by atoms with Crippen LogP contribution in [0.5, 0.6) is 0 Å². The van der Waals surface area contributed by atoms with Crippen molar-refractivity contribution in [3.05, 3.63) is 71.8 Å². The van der Waals surface area contributed by atoms with E-state index in [1.54, 1.807) is 6.20 Å². The molecule has 0 aliphatic carbocycles. The van der Waals surface area contributed by atoms with Crippen molar-refractivity contribution in [1.82, 2.24) is 14.5 Å². The van der Waals surface area contributed by atoms with Crippen LogP contribution in [-0.4, -0.2) is 14.5 Å². The summed E-state index contributed by atoms with van der Waals surface area (Å²) in [6.07, 6.45) is 1.81. The summed E-state index contributed by atoms with van der Waals surface area (Å²) < 4.78 is 2.24. The molecule has 0 aliphatic heterocycles. The minimum atomic E-state index is 0.846. The summed E-state index contributed by atoms with van der Waals surface area (Å²) in [5.41, 5.74) is 4.34. The lowest BCUT2D eigenvalue weighted by Crippen LogP contribution is -2.04. The molecule has 0 unspecified atom stereocenters. The van der Waals surface area contributed by atoms with E-state index >= 15 is 0 Å². The highest BCUT2D eigenvalue weighted by molar-refractivity contribution is 5.57. The van der Waals surface area contributed by atoms with Gasteiger partial charge >= 0.3 is 0 Å². The normalized spacial score (nSPS) is 10.7. The highest BCUT2D eigenvalue weighted by atomic mass is 15.1. The third-order valence-corrected chi connectivity index (χ3v) is 3.50. The first-order valence-corrected chi connectivity index (χ1v) is 6.75. The maximum Gasteiger partial charge on any atom is 0.110 e. The zero-order valence-corrected chi connectivity index (χ0v) is 11.7. The molecule has 3 aromatic rings. The Hall–Kier alpha value is -2.42. The highest BCUT2D eigenvalue weighted by Gasteiger charge is 2.13. The molecule has 0 N–H and O–H groups in total. The third kappa shape index (κ3) is 2.35. The van der Waals surface area contributed by atoms with E-state index in [-0.39, 0.29) is 0 Å². The van der Waals surface area contributed by atoms with Gasteiger partial charge in [0, 0.05) is 18.4 Å². The minimum Gasteiger partial charge on any atom is -0.327 e. The van der Waals surface area contributed by atoms with E-state index in [9.17, 15) is 0 Å². The summed E-state index contributed by atoms with van der Waals surface area (Å²) in [4.78, 5) is 9.07. The fourth-order valence-corrected chi connectivity index (χ4v) is 2.42. The van der Waals surface area contributed by atoms with Crippen molar-refractivity contribution in [3.63, 3.8) is 0 Å². The van der Waals surface area contributed by atoms with Crippen LogP contribution in [0, 0.1) is 13.8 Å². The lowest BCUT2D eigenvalue weighted by molar-refractivity contribution is 0.738. The van der Waals surface area contributed by atoms with Gasteiger partial charge in [-0.05, 0) is 31.5 Å². The van der Waals surface area contributed by atoms with Gasteiger partial charge in [0.1, 0.15) is 11.5 Å². The molecule has 0 bridgehead atoms. The summed E-state index contributed by atoms with van der Waals surface area (Å²) in [5.74, 6) is 1.02. The van der Waals surface area contributed by atoms with E-state index in [1.165, 1.54) is 5.56 Å². The molecular formula is C17H17N3. The van der Waals surface area contributed by atoms with Crippen molar-refractivity contribution in [2.24, 2.45) is 0 Å². The molecule has 1 aromatic carbocycles. The van der Waals surface area contributed by atoms with Gasteiger partial charge in [0.05, 0.1) is 5.69 Å². The summed E-state index contributed by atoms with van der Waals surface area (Å²) >= 11 is 0. The number of rotatable bonds is 3. The lowest BCUT2D eigenvalue weighted by atomic mass is 10.2. The van der Waals surface area contributed by atoms with Crippen LogP contribution in [0.2, 0.25) is 0 Å². The fourth-order valence-electron chi connectivity index (χ4n) is 2.42. The Kier molecular flexibility index (Phi) is 3.33. The number of aromatic nitrogens is 3. The molecule has 0 radical (unpaired) electrons. The van der Waals surface area contributed by atoms with E-state index < -0.39 is 0 Å². The number of imidazole rings is 1. The van der Waals surface area contributed by atoms with Gasteiger partial charge in [-0.2, -0.15) is 0 Å². The van der Waals surface area contributed by atoms with Crippen molar-refractivity contribution in [1.29, 1.82) is 0 Å². The van der Waals surface area contributed by atoms with Gasteiger partial charge in [-0.15, -0.1) is 0 Å². The van der Waals surface area contributed by atoms with Crippen molar-refractivity contribution in [2.75, 3.05) is 0 Å². The predicted molar refractivity (Wildman–Crippen MR) is 80.5 cm³/mol. The molecule has 3 heteroatoms. The van der Waals surface area contributed by atoms with Crippen LogP contribution in [-0.2, 0) is 6.54 Å². The van der Waals surface area contributed by atoms with Crippen LogP contribution in [0.3, 0.4) is 0 Å². The van der Waals surface area contributed by atoms with E-state index in [2.05, 4.69) is 45.7 Å². The van der Waals surface area contributed by atoms with Crippen molar-refractivity contribution in [2.45, 2.75) is 20.4 Å². The predicted octanol–water partition coefficient (Wildman–Crippen LogP) is 3.61. The second kappa shape index (κ2) is 5.29. The molecular weight excluding hydrogens is 246 g/mol. The molecule has 3 nitrogen and oxygen atoms in total. The second-order valence-corrected chi connectivity index (χ2v) is 4.88. The van der Waals surface area contributed by atoms with E-state index in [1.807, 2.05) is 31.2 Å². The van der Waals surface area contributed by atoms with Crippen LogP contribution in [0.4, 0.5) is 0 Å². The molecule has 0 atom stereocenters.